The molecule has 1 aliphatic rings. The molecule has 3 aromatic rings. The lowest BCUT2D eigenvalue weighted by atomic mass is 10.1. The van der Waals surface area contributed by atoms with Gasteiger partial charge in [-0.3, -0.25) is 19.8 Å². The zero-order valence-corrected chi connectivity index (χ0v) is 18.4. The van der Waals surface area contributed by atoms with Crippen LogP contribution in [-0.4, -0.2) is 35.1 Å². The molecule has 1 saturated heterocycles. The third-order valence-electron chi connectivity index (χ3n) is 4.82. The first-order valence-corrected chi connectivity index (χ1v) is 10.4. The van der Waals surface area contributed by atoms with E-state index in [0.29, 0.717) is 32.9 Å². The van der Waals surface area contributed by atoms with Gasteiger partial charge in [0.15, 0.2) is 5.17 Å². The Morgan fingerprint density at radius 1 is 1.16 bits per heavy atom. The number of non-ortho nitro benzene ring substituents is 1. The predicted octanol–water partition coefficient (Wildman–Crippen LogP) is 5.41. The number of nitro benzene ring substituents is 1. The first kappa shape index (κ1) is 21.4. The van der Waals surface area contributed by atoms with E-state index in [1.165, 1.54) is 42.0 Å². The largest absolute Gasteiger partial charge is 0.496 e. The summed E-state index contributed by atoms with van der Waals surface area (Å²) in [6.45, 7) is 2.00. The fourth-order valence-electron chi connectivity index (χ4n) is 3.09. The molecular formula is C23H19N3O5S. The number of rotatable bonds is 5. The Hall–Kier alpha value is -3.85. The Kier molecular flexibility index (Phi) is 5.83. The van der Waals surface area contributed by atoms with E-state index in [1.807, 2.05) is 31.2 Å². The summed E-state index contributed by atoms with van der Waals surface area (Å²) < 4.78 is 11.2. The van der Waals surface area contributed by atoms with Gasteiger partial charge in [0.2, 0.25) is 0 Å². The van der Waals surface area contributed by atoms with Gasteiger partial charge in [0.1, 0.15) is 17.3 Å². The zero-order valence-electron chi connectivity index (χ0n) is 17.6. The van der Waals surface area contributed by atoms with Crippen molar-refractivity contribution in [2.75, 3.05) is 14.2 Å². The molecule has 0 bridgehead atoms. The minimum absolute atomic E-state index is 0.0720. The van der Waals surface area contributed by atoms with E-state index in [4.69, 9.17) is 9.15 Å². The monoisotopic (exact) mass is 449 g/mol. The highest BCUT2D eigenvalue weighted by Crippen LogP contribution is 2.37. The number of carbonyl (C=O) groups is 1. The molecule has 32 heavy (non-hydrogen) atoms. The Morgan fingerprint density at radius 3 is 2.59 bits per heavy atom. The second-order valence-electron chi connectivity index (χ2n) is 7.05. The number of likely N-dealkylation sites (N-methyl/N-ethyl adjacent to an activating group) is 1. The van der Waals surface area contributed by atoms with Gasteiger partial charge in [0, 0.05) is 25.3 Å². The van der Waals surface area contributed by atoms with Crippen molar-refractivity contribution >= 4 is 40.3 Å². The van der Waals surface area contributed by atoms with Crippen LogP contribution in [0, 0.1) is 17.0 Å². The highest BCUT2D eigenvalue weighted by molar-refractivity contribution is 8.18. The highest BCUT2D eigenvalue weighted by atomic mass is 32.2. The lowest BCUT2D eigenvalue weighted by Crippen LogP contribution is -2.23. The maximum Gasteiger partial charge on any atom is 0.270 e. The number of methoxy groups -OCH3 is 1. The van der Waals surface area contributed by atoms with Crippen molar-refractivity contribution in [3.63, 3.8) is 0 Å². The number of benzene rings is 2. The maximum atomic E-state index is 12.7. The molecule has 1 fully saturated rings. The molecule has 0 unspecified atom stereocenters. The summed E-state index contributed by atoms with van der Waals surface area (Å²) >= 11 is 1.25. The number of furan rings is 1. The first-order valence-electron chi connectivity index (χ1n) is 9.61. The van der Waals surface area contributed by atoms with Crippen LogP contribution in [0.5, 0.6) is 5.75 Å². The lowest BCUT2D eigenvalue weighted by Gasteiger charge is -2.07. The van der Waals surface area contributed by atoms with Crippen LogP contribution in [0.25, 0.3) is 17.4 Å². The van der Waals surface area contributed by atoms with Gasteiger partial charge < -0.3 is 9.15 Å². The Balaban J connectivity index is 1.62. The van der Waals surface area contributed by atoms with Crippen LogP contribution in [0.3, 0.4) is 0 Å². The molecule has 0 aliphatic carbocycles. The number of ether oxygens (including phenoxy) is 1. The molecule has 8 nitrogen and oxygen atoms in total. The maximum absolute atomic E-state index is 12.7. The summed E-state index contributed by atoms with van der Waals surface area (Å²) in [5, 5.41) is 11.7. The summed E-state index contributed by atoms with van der Waals surface area (Å²) in [7, 11) is 3.15. The number of nitro groups is 1. The summed E-state index contributed by atoms with van der Waals surface area (Å²) in [5.74, 6) is 1.10. The molecule has 0 saturated carbocycles. The smallest absolute Gasteiger partial charge is 0.270 e. The van der Waals surface area contributed by atoms with E-state index in [2.05, 4.69) is 4.99 Å². The van der Waals surface area contributed by atoms with Crippen LogP contribution in [0.2, 0.25) is 0 Å². The second-order valence-corrected chi connectivity index (χ2v) is 8.06. The standard InChI is InChI=1S/C23H19N3O5S/c1-14-4-6-15(7-5-14)24-23-25(2)22(27)21(32-23)13-17-9-11-20(31-17)18-12-16(26(28)29)8-10-19(18)30-3/h4-13H,1-3H3/b21-13+,24-23?. The van der Waals surface area contributed by atoms with Gasteiger partial charge >= 0.3 is 0 Å². The second kappa shape index (κ2) is 8.72. The number of thioether (sulfide) groups is 1. The average Bonchev–Trinajstić information content (AvgIpc) is 3.35. The summed E-state index contributed by atoms with van der Waals surface area (Å²) in [5.41, 5.74) is 2.27. The van der Waals surface area contributed by atoms with Gasteiger partial charge in [-0.05, 0) is 49.0 Å². The van der Waals surface area contributed by atoms with Crippen molar-refractivity contribution in [3.8, 4) is 17.1 Å². The van der Waals surface area contributed by atoms with Crippen LogP contribution in [-0.2, 0) is 4.79 Å². The molecule has 9 heteroatoms. The number of aryl methyl sites for hydroxylation is 1. The molecule has 0 radical (unpaired) electrons. The van der Waals surface area contributed by atoms with Crippen molar-refractivity contribution in [1.82, 2.24) is 4.90 Å². The minimum atomic E-state index is -0.479. The predicted molar refractivity (Wildman–Crippen MR) is 124 cm³/mol. The van der Waals surface area contributed by atoms with Crippen LogP contribution in [0.1, 0.15) is 11.3 Å². The number of amides is 1. The highest BCUT2D eigenvalue weighted by Gasteiger charge is 2.30. The van der Waals surface area contributed by atoms with Gasteiger partial charge in [-0.15, -0.1) is 0 Å². The molecule has 1 aliphatic heterocycles. The molecule has 0 spiro atoms. The molecule has 1 amide bonds. The van der Waals surface area contributed by atoms with Gasteiger partial charge in [-0.25, -0.2) is 4.99 Å². The van der Waals surface area contributed by atoms with Gasteiger partial charge in [0.25, 0.3) is 11.6 Å². The van der Waals surface area contributed by atoms with Gasteiger partial charge in [0.05, 0.1) is 28.2 Å². The summed E-state index contributed by atoms with van der Waals surface area (Å²) in [4.78, 5) is 29.8. The van der Waals surface area contributed by atoms with Gasteiger partial charge in [-0.1, -0.05) is 17.7 Å². The lowest BCUT2D eigenvalue weighted by molar-refractivity contribution is -0.384. The van der Waals surface area contributed by atoms with Gasteiger partial charge in [-0.2, -0.15) is 0 Å². The van der Waals surface area contributed by atoms with Crippen LogP contribution >= 0.6 is 11.8 Å². The molecular weight excluding hydrogens is 430 g/mol. The average molecular weight is 449 g/mol. The normalized spacial score (nSPS) is 16.2. The Morgan fingerprint density at radius 2 is 1.91 bits per heavy atom. The fraction of sp³-hybridized carbons (Fsp3) is 0.130. The molecule has 2 heterocycles. The zero-order chi connectivity index (χ0) is 22.8. The summed E-state index contributed by atoms with van der Waals surface area (Å²) in [6, 6.07) is 15.4. The number of hydrogen-bond acceptors (Lipinski definition) is 7. The number of nitrogens with zero attached hydrogens (tertiary/aromatic N) is 3. The molecule has 0 atom stereocenters. The fourth-order valence-corrected chi connectivity index (χ4v) is 4.05. The molecule has 1 aromatic heterocycles. The van der Waals surface area contributed by atoms with Crippen molar-refractivity contribution < 1.29 is 18.9 Å². The van der Waals surface area contributed by atoms with E-state index in [-0.39, 0.29) is 11.6 Å². The van der Waals surface area contributed by atoms with Crippen LogP contribution in [0.4, 0.5) is 11.4 Å². The first-order chi connectivity index (χ1) is 15.4. The third-order valence-corrected chi connectivity index (χ3v) is 5.88. The van der Waals surface area contributed by atoms with Crippen molar-refractivity contribution in [2.45, 2.75) is 6.92 Å². The number of carbonyl (C=O) groups excluding carboxylic acids is 1. The van der Waals surface area contributed by atoms with E-state index in [0.717, 1.165) is 11.3 Å². The summed E-state index contributed by atoms with van der Waals surface area (Å²) in [6.07, 6.45) is 1.63. The molecule has 4 rings (SSSR count). The number of aliphatic imine (C=N–C) groups is 1. The molecule has 0 N–H and O–H groups in total. The minimum Gasteiger partial charge on any atom is -0.496 e. The van der Waals surface area contributed by atoms with E-state index < -0.39 is 4.92 Å². The molecule has 162 valence electrons. The van der Waals surface area contributed by atoms with Crippen LogP contribution < -0.4 is 4.74 Å². The van der Waals surface area contributed by atoms with Crippen molar-refractivity contribution in [1.29, 1.82) is 0 Å². The van der Waals surface area contributed by atoms with E-state index >= 15 is 0 Å². The van der Waals surface area contributed by atoms with E-state index in [1.54, 1.807) is 25.3 Å². The number of amidine groups is 1. The van der Waals surface area contributed by atoms with Crippen LogP contribution in [0.15, 0.2) is 68.9 Å². The topological polar surface area (TPSA) is 98.2 Å². The van der Waals surface area contributed by atoms with Crippen molar-refractivity contribution in [3.05, 3.63) is 80.9 Å². The quantitative estimate of drug-likeness (QED) is 0.294. The SMILES string of the molecule is COc1ccc([N+](=O)[O-])cc1-c1ccc(/C=C2/SC(=Nc3ccc(C)cc3)N(C)C2=O)o1. The molecule has 2 aromatic carbocycles. The van der Waals surface area contributed by atoms with E-state index in [9.17, 15) is 14.9 Å². The van der Waals surface area contributed by atoms with Crippen molar-refractivity contribution in [2.24, 2.45) is 4.99 Å². The third kappa shape index (κ3) is 4.28. The Labute approximate surface area is 188 Å². The Bertz CT molecular complexity index is 1260. The number of hydrogen-bond donors (Lipinski definition) is 0.